The predicted octanol–water partition coefficient (Wildman–Crippen LogP) is 2.39. The molecule has 2 unspecified atom stereocenters. The normalized spacial score (nSPS) is 25.7. The molecule has 1 aliphatic rings. The van der Waals surface area contributed by atoms with E-state index in [9.17, 15) is 0 Å². The van der Waals surface area contributed by atoms with E-state index in [0.717, 1.165) is 6.54 Å². The molecule has 2 atom stereocenters. The van der Waals surface area contributed by atoms with Crippen LogP contribution in [-0.2, 0) is 6.54 Å². The van der Waals surface area contributed by atoms with Gasteiger partial charge in [-0.25, -0.2) is 0 Å². The van der Waals surface area contributed by atoms with Crippen LogP contribution in [0.5, 0.6) is 0 Å². The molecule has 3 nitrogen and oxygen atoms in total. The van der Waals surface area contributed by atoms with Crippen molar-refractivity contribution in [3.63, 3.8) is 0 Å². The Morgan fingerprint density at radius 1 is 1.59 bits per heavy atom. The molecule has 96 valence electrons. The Bertz CT molecular complexity index is 334. The molecule has 1 N–H and O–H groups in total. The first-order chi connectivity index (χ1) is 8.05. The van der Waals surface area contributed by atoms with Crippen LogP contribution >= 0.6 is 11.8 Å². The van der Waals surface area contributed by atoms with Gasteiger partial charge in [0.1, 0.15) is 0 Å². The Labute approximate surface area is 108 Å². The second-order valence-electron chi connectivity index (χ2n) is 5.88. The van der Waals surface area contributed by atoms with Gasteiger partial charge in [-0.15, -0.1) is 0 Å². The second-order valence-corrected chi connectivity index (χ2v) is 6.91. The number of nitrogens with one attached hydrogen (secondary N) is 1. The van der Waals surface area contributed by atoms with Crippen molar-refractivity contribution >= 4 is 11.8 Å². The maximum absolute atomic E-state index is 4.25. The van der Waals surface area contributed by atoms with Crippen LogP contribution in [0.1, 0.15) is 27.2 Å². The molecular weight excluding hydrogens is 230 g/mol. The number of hydrogen-bond acceptors (Lipinski definition) is 3. The fourth-order valence-corrected chi connectivity index (χ4v) is 3.80. The van der Waals surface area contributed by atoms with Crippen molar-refractivity contribution in [1.82, 2.24) is 15.1 Å². The molecule has 17 heavy (non-hydrogen) atoms. The Kier molecular flexibility index (Phi) is 4.15. The Morgan fingerprint density at radius 2 is 2.41 bits per heavy atom. The molecule has 0 aromatic carbocycles. The van der Waals surface area contributed by atoms with E-state index in [0.29, 0.717) is 17.5 Å². The van der Waals surface area contributed by atoms with Crippen molar-refractivity contribution in [1.29, 1.82) is 0 Å². The summed E-state index contributed by atoms with van der Waals surface area (Å²) in [5.74, 6) is 2.53. The molecule has 0 amide bonds. The standard InChI is InChI=1S/C13H23N3S/c1-11(8-16-6-4-5-14-16)15-12-7-13(2,3)10-17-9-12/h4-6,11-12,15H,7-10H2,1-3H3. The molecule has 0 spiro atoms. The van der Waals surface area contributed by atoms with E-state index in [1.165, 1.54) is 17.9 Å². The summed E-state index contributed by atoms with van der Waals surface area (Å²) in [5.41, 5.74) is 0.478. The summed E-state index contributed by atoms with van der Waals surface area (Å²) in [6.07, 6.45) is 5.15. The van der Waals surface area contributed by atoms with Gasteiger partial charge in [0.15, 0.2) is 0 Å². The Morgan fingerprint density at radius 3 is 3.06 bits per heavy atom. The summed E-state index contributed by atoms with van der Waals surface area (Å²) in [6.45, 7) is 7.93. The van der Waals surface area contributed by atoms with Gasteiger partial charge in [0, 0.05) is 30.2 Å². The molecule has 1 fully saturated rings. The van der Waals surface area contributed by atoms with Gasteiger partial charge in [-0.05, 0) is 30.6 Å². The summed E-state index contributed by atoms with van der Waals surface area (Å²) in [7, 11) is 0. The van der Waals surface area contributed by atoms with Gasteiger partial charge < -0.3 is 5.32 Å². The molecule has 1 aliphatic heterocycles. The van der Waals surface area contributed by atoms with Crippen LogP contribution in [-0.4, -0.2) is 33.4 Å². The minimum atomic E-state index is 0.478. The van der Waals surface area contributed by atoms with E-state index in [1.807, 2.05) is 23.1 Å². The SMILES string of the molecule is CC(Cn1cccn1)NC1CSCC(C)(C)C1. The fraction of sp³-hybridized carbons (Fsp3) is 0.769. The third-order valence-electron chi connectivity index (χ3n) is 3.15. The summed E-state index contributed by atoms with van der Waals surface area (Å²) < 4.78 is 2.00. The minimum absolute atomic E-state index is 0.478. The highest BCUT2D eigenvalue weighted by molar-refractivity contribution is 7.99. The second kappa shape index (κ2) is 5.44. The van der Waals surface area contributed by atoms with Crippen LogP contribution in [0.4, 0.5) is 0 Å². The molecule has 0 bridgehead atoms. The van der Waals surface area contributed by atoms with E-state index in [2.05, 4.69) is 42.9 Å². The number of aromatic nitrogens is 2. The summed E-state index contributed by atoms with van der Waals surface area (Å²) in [5, 5.41) is 7.98. The number of hydrogen-bond donors (Lipinski definition) is 1. The summed E-state index contributed by atoms with van der Waals surface area (Å²) >= 11 is 2.07. The van der Waals surface area contributed by atoms with Crippen LogP contribution < -0.4 is 5.32 Å². The topological polar surface area (TPSA) is 29.9 Å². The lowest BCUT2D eigenvalue weighted by atomic mass is 9.87. The van der Waals surface area contributed by atoms with Crippen LogP contribution in [0.25, 0.3) is 0 Å². The molecule has 0 aliphatic carbocycles. The first-order valence-electron chi connectivity index (χ1n) is 6.36. The zero-order valence-electron chi connectivity index (χ0n) is 11.0. The molecule has 1 aromatic heterocycles. The van der Waals surface area contributed by atoms with Gasteiger partial charge in [-0.1, -0.05) is 13.8 Å². The predicted molar refractivity (Wildman–Crippen MR) is 74.3 cm³/mol. The monoisotopic (exact) mass is 253 g/mol. The number of nitrogens with zero attached hydrogens (tertiary/aromatic N) is 2. The lowest BCUT2D eigenvalue weighted by Gasteiger charge is -2.36. The van der Waals surface area contributed by atoms with E-state index < -0.39 is 0 Å². The van der Waals surface area contributed by atoms with Gasteiger partial charge in [-0.2, -0.15) is 16.9 Å². The largest absolute Gasteiger partial charge is 0.309 e. The van der Waals surface area contributed by atoms with Crippen LogP contribution in [0, 0.1) is 5.41 Å². The van der Waals surface area contributed by atoms with Crippen LogP contribution in [0.3, 0.4) is 0 Å². The highest BCUT2D eigenvalue weighted by Crippen LogP contribution is 2.33. The molecule has 4 heteroatoms. The first kappa shape index (κ1) is 13.0. The maximum Gasteiger partial charge on any atom is 0.0560 e. The molecular formula is C13H23N3S. The van der Waals surface area contributed by atoms with Crippen molar-refractivity contribution in [2.24, 2.45) is 5.41 Å². The average molecular weight is 253 g/mol. The molecule has 1 saturated heterocycles. The van der Waals surface area contributed by atoms with Gasteiger partial charge in [-0.3, -0.25) is 4.68 Å². The molecule has 2 heterocycles. The highest BCUT2D eigenvalue weighted by atomic mass is 32.2. The van der Waals surface area contributed by atoms with Crippen LogP contribution in [0.2, 0.25) is 0 Å². The van der Waals surface area contributed by atoms with Crippen molar-refractivity contribution in [3.8, 4) is 0 Å². The maximum atomic E-state index is 4.25. The van der Waals surface area contributed by atoms with Crippen molar-refractivity contribution in [3.05, 3.63) is 18.5 Å². The highest BCUT2D eigenvalue weighted by Gasteiger charge is 2.28. The van der Waals surface area contributed by atoms with E-state index in [1.54, 1.807) is 0 Å². The van der Waals surface area contributed by atoms with Gasteiger partial charge in [0.05, 0.1) is 6.54 Å². The van der Waals surface area contributed by atoms with E-state index in [-0.39, 0.29) is 0 Å². The van der Waals surface area contributed by atoms with Gasteiger partial charge >= 0.3 is 0 Å². The lowest BCUT2D eigenvalue weighted by molar-refractivity contribution is 0.294. The summed E-state index contributed by atoms with van der Waals surface area (Å²) in [6, 6.07) is 3.11. The zero-order valence-corrected chi connectivity index (χ0v) is 11.8. The van der Waals surface area contributed by atoms with Crippen molar-refractivity contribution < 1.29 is 0 Å². The number of rotatable bonds is 4. The van der Waals surface area contributed by atoms with Crippen molar-refractivity contribution in [2.75, 3.05) is 11.5 Å². The van der Waals surface area contributed by atoms with Gasteiger partial charge in [0.25, 0.3) is 0 Å². The minimum Gasteiger partial charge on any atom is -0.309 e. The van der Waals surface area contributed by atoms with Gasteiger partial charge in [0.2, 0.25) is 0 Å². The molecule has 0 radical (unpaired) electrons. The fourth-order valence-electron chi connectivity index (χ4n) is 2.51. The molecule has 2 rings (SSSR count). The zero-order chi connectivity index (χ0) is 12.3. The smallest absolute Gasteiger partial charge is 0.0560 e. The third-order valence-corrected chi connectivity index (χ3v) is 4.77. The lowest BCUT2D eigenvalue weighted by Crippen LogP contribution is -2.45. The van der Waals surface area contributed by atoms with E-state index >= 15 is 0 Å². The van der Waals surface area contributed by atoms with Crippen molar-refractivity contribution in [2.45, 2.75) is 45.8 Å². The average Bonchev–Trinajstić information content (AvgIpc) is 2.68. The third kappa shape index (κ3) is 4.03. The number of thioether (sulfide) groups is 1. The van der Waals surface area contributed by atoms with E-state index in [4.69, 9.17) is 0 Å². The first-order valence-corrected chi connectivity index (χ1v) is 7.52. The molecule has 1 aromatic rings. The Hall–Kier alpha value is -0.480. The van der Waals surface area contributed by atoms with Crippen LogP contribution in [0.15, 0.2) is 18.5 Å². The Balaban J connectivity index is 1.80. The summed E-state index contributed by atoms with van der Waals surface area (Å²) in [4.78, 5) is 0. The molecule has 0 saturated carbocycles. The quantitative estimate of drug-likeness (QED) is 0.893.